The molecule has 1 unspecified atom stereocenters. The predicted molar refractivity (Wildman–Crippen MR) is 139 cm³/mol. The van der Waals surface area contributed by atoms with Crippen LogP contribution in [0.15, 0.2) is 82.5 Å². The number of rotatable bonds is 8. The Hall–Kier alpha value is -3.49. The second kappa shape index (κ2) is 10.0. The van der Waals surface area contributed by atoms with Gasteiger partial charge in [-0.2, -0.15) is 4.31 Å². The van der Waals surface area contributed by atoms with Crippen molar-refractivity contribution in [1.29, 1.82) is 0 Å². The molecule has 0 saturated carbocycles. The number of nitrogens with zero attached hydrogens (tertiary/aromatic N) is 2. The zero-order chi connectivity index (χ0) is 25.2. The first-order valence-electron chi connectivity index (χ1n) is 11.7. The van der Waals surface area contributed by atoms with Crippen molar-refractivity contribution in [2.45, 2.75) is 38.3 Å². The van der Waals surface area contributed by atoms with E-state index in [2.05, 4.69) is 5.32 Å². The molecule has 1 N–H and O–H groups in total. The molecular formula is C27H29N3O4S. The van der Waals surface area contributed by atoms with Crippen LogP contribution in [0.25, 0.3) is 21.8 Å². The van der Waals surface area contributed by atoms with Crippen LogP contribution in [0, 0.1) is 0 Å². The van der Waals surface area contributed by atoms with E-state index < -0.39 is 10.0 Å². The van der Waals surface area contributed by atoms with Gasteiger partial charge < -0.3 is 9.88 Å². The third-order valence-electron chi connectivity index (χ3n) is 6.28. The van der Waals surface area contributed by atoms with E-state index in [0.29, 0.717) is 34.9 Å². The van der Waals surface area contributed by atoms with E-state index in [1.165, 1.54) is 4.31 Å². The van der Waals surface area contributed by atoms with Crippen molar-refractivity contribution in [2.24, 2.45) is 0 Å². The van der Waals surface area contributed by atoms with Crippen LogP contribution in [0.3, 0.4) is 0 Å². The first-order valence-corrected chi connectivity index (χ1v) is 13.1. The molecule has 4 rings (SSSR count). The van der Waals surface area contributed by atoms with Crippen molar-refractivity contribution in [3.05, 3.63) is 88.6 Å². The molecule has 8 heteroatoms. The summed E-state index contributed by atoms with van der Waals surface area (Å²) < 4.78 is 28.7. The number of nitrogens with one attached hydrogen (secondary N) is 1. The molecule has 0 fully saturated rings. The van der Waals surface area contributed by atoms with Gasteiger partial charge in [0.05, 0.1) is 22.0 Å². The van der Waals surface area contributed by atoms with Crippen LogP contribution in [0.2, 0.25) is 0 Å². The average molecular weight is 492 g/mol. The first-order chi connectivity index (χ1) is 16.8. The Morgan fingerprint density at radius 3 is 1.91 bits per heavy atom. The number of amides is 1. The van der Waals surface area contributed by atoms with Gasteiger partial charge in [0.1, 0.15) is 6.54 Å². The molecule has 3 aromatic carbocycles. The molecule has 0 saturated heterocycles. The highest BCUT2D eigenvalue weighted by Gasteiger charge is 2.22. The van der Waals surface area contributed by atoms with Crippen LogP contribution in [0.1, 0.15) is 32.4 Å². The van der Waals surface area contributed by atoms with Crippen LogP contribution < -0.4 is 10.7 Å². The van der Waals surface area contributed by atoms with Gasteiger partial charge in [0.2, 0.25) is 15.9 Å². The lowest BCUT2D eigenvalue weighted by Gasteiger charge is -2.20. The summed E-state index contributed by atoms with van der Waals surface area (Å²) >= 11 is 0. The van der Waals surface area contributed by atoms with Gasteiger partial charge in [0, 0.05) is 23.9 Å². The maximum absolute atomic E-state index is 13.0. The molecule has 35 heavy (non-hydrogen) atoms. The van der Waals surface area contributed by atoms with Gasteiger partial charge >= 0.3 is 0 Å². The van der Waals surface area contributed by atoms with Crippen LogP contribution in [0.5, 0.6) is 0 Å². The fourth-order valence-corrected chi connectivity index (χ4v) is 5.86. The maximum atomic E-state index is 13.0. The monoisotopic (exact) mass is 491 g/mol. The van der Waals surface area contributed by atoms with Crippen molar-refractivity contribution >= 4 is 37.7 Å². The van der Waals surface area contributed by atoms with Crippen molar-refractivity contribution in [3.8, 4) is 0 Å². The third kappa shape index (κ3) is 4.72. The predicted octanol–water partition coefficient (Wildman–Crippen LogP) is 4.06. The van der Waals surface area contributed by atoms with Crippen molar-refractivity contribution in [1.82, 2.24) is 14.2 Å². The van der Waals surface area contributed by atoms with E-state index in [-0.39, 0.29) is 28.8 Å². The molecule has 4 aromatic rings. The number of aromatic nitrogens is 1. The normalized spacial score (nSPS) is 12.8. The van der Waals surface area contributed by atoms with Crippen molar-refractivity contribution in [2.75, 3.05) is 13.1 Å². The summed E-state index contributed by atoms with van der Waals surface area (Å²) in [5, 5.41) is 4.13. The summed E-state index contributed by atoms with van der Waals surface area (Å²) in [6, 6.07) is 20.8. The van der Waals surface area contributed by atoms with Crippen LogP contribution in [-0.4, -0.2) is 36.3 Å². The Bertz CT molecular complexity index is 1480. The average Bonchev–Trinajstić information content (AvgIpc) is 2.87. The zero-order valence-corrected chi connectivity index (χ0v) is 20.9. The smallest absolute Gasteiger partial charge is 0.243 e. The number of para-hydroxylation sites is 2. The number of carbonyl (C=O) groups is 1. The summed E-state index contributed by atoms with van der Waals surface area (Å²) in [6.45, 7) is 6.32. The summed E-state index contributed by atoms with van der Waals surface area (Å²) in [7, 11) is -3.54. The minimum atomic E-state index is -3.54. The molecule has 0 aliphatic heterocycles. The van der Waals surface area contributed by atoms with E-state index in [0.717, 1.165) is 5.56 Å². The van der Waals surface area contributed by atoms with E-state index in [1.807, 2.05) is 61.7 Å². The fourth-order valence-electron chi connectivity index (χ4n) is 4.40. The minimum Gasteiger partial charge on any atom is -0.348 e. The summed E-state index contributed by atoms with van der Waals surface area (Å²) in [5.74, 6) is -0.212. The number of pyridine rings is 1. The summed E-state index contributed by atoms with van der Waals surface area (Å²) in [6.07, 6.45) is 0. The molecule has 1 atom stereocenters. The van der Waals surface area contributed by atoms with Crippen LogP contribution >= 0.6 is 0 Å². The van der Waals surface area contributed by atoms with Gasteiger partial charge in [-0.25, -0.2) is 8.42 Å². The standard InChI is InChI=1S/C27H29N3O4S/c1-4-29(5-2)35(33,34)21-16-14-20(15-17-21)19(3)28-26(31)18-30-24-12-8-6-10-22(24)27(32)23-11-7-9-13-25(23)30/h6-17,19H,4-5,18H2,1-3H3,(H,28,31). The SMILES string of the molecule is CCN(CC)S(=O)(=O)c1ccc(C(C)NC(=O)Cn2c3ccccc3c(=O)c3ccccc32)cc1. The van der Waals surface area contributed by atoms with E-state index in [1.54, 1.807) is 36.4 Å². The molecular weight excluding hydrogens is 462 g/mol. The topological polar surface area (TPSA) is 88.5 Å². The highest BCUT2D eigenvalue weighted by atomic mass is 32.2. The molecule has 1 heterocycles. The quantitative estimate of drug-likeness (QED) is 0.377. The molecule has 0 radical (unpaired) electrons. The molecule has 7 nitrogen and oxygen atoms in total. The molecule has 1 amide bonds. The Morgan fingerprint density at radius 2 is 1.40 bits per heavy atom. The highest BCUT2D eigenvalue weighted by Crippen LogP contribution is 2.21. The van der Waals surface area contributed by atoms with Gasteiger partial charge in [-0.1, -0.05) is 50.2 Å². The van der Waals surface area contributed by atoms with Gasteiger partial charge in [-0.3, -0.25) is 9.59 Å². The summed E-state index contributed by atoms with van der Waals surface area (Å²) in [4.78, 5) is 26.2. The van der Waals surface area contributed by atoms with Crippen molar-refractivity contribution < 1.29 is 13.2 Å². The lowest BCUT2D eigenvalue weighted by atomic mass is 10.1. The number of carbonyl (C=O) groups excluding carboxylic acids is 1. The molecule has 1 aromatic heterocycles. The molecule has 0 aliphatic carbocycles. The molecule has 0 spiro atoms. The number of hydrogen-bond donors (Lipinski definition) is 1. The second-order valence-electron chi connectivity index (χ2n) is 8.40. The van der Waals surface area contributed by atoms with Gasteiger partial charge in [0.25, 0.3) is 0 Å². The molecule has 182 valence electrons. The van der Waals surface area contributed by atoms with Crippen LogP contribution in [-0.2, 0) is 21.4 Å². The van der Waals surface area contributed by atoms with Crippen LogP contribution in [0.4, 0.5) is 0 Å². The second-order valence-corrected chi connectivity index (χ2v) is 10.3. The number of fused-ring (bicyclic) bond motifs is 2. The lowest BCUT2D eigenvalue weighted by Crippen LogP contribution is -2.31. The van der Waals surface area contributed by atoms with Gasteiger partial charge in [-0.15, -0.1) is 0 Å². The van der Waals surface area contributed by atoms with Crippen molar-refractivity contribution in [3.63, 3.8) is 0 Å². The lowest BCUT2D eigenvalue weighted by molar-refractivity contribution is -0.122. The zero-order valence-electron chi connectivity index (χ0n) is 20.1. The van der Waals surface area contributed by atoms with Gasteiger partial charge in [0.15, 0.2) is 5.43 Å². The largest absolute Gasteiger partial charge is 0.348 e. The first kappa shape index (κ1) is 24.6. The Labute approximate surface area is 205 Å². The number of hydrogen-bond acceptors (Lipinski definition) is 4. The third-order valence-corrected chi connectivity index (χ3v) is 8.35. The summed E-state index contributed by atoms with van der Waals surface area (Å²) in [5.41, 5.74) is 2.14. The Kier molecular flexibility index (Phi) is 7.05. The Balaban J connectivity index is 1.58. The Morgan fingerprint density at radius 1 is 0.886 bits per heavy atom. The molecule has 0 aliphatic rings. The van der Waals surface area contributed by atoms with Gasteiger partial charge in [-0.05, 0) is 48.9 Å². The highest BCUT2D eigenvalue weighted by molar-refractivity contribution is 7.89. The number of sulfonamides is 1. The minimum absolute atomic E-state index is 0.0417. The fraction of sp³-hybridized carbons (Fsp3) is 0.259. The maximum Gasteiger partial charge on any atom is 0.243 e. The molecule has 0 bridgehead atoms. The van der Waals surface area contributed by atoms with E-state index in [4.69, 9.17) is 0 Å². The van der Waals surface area contributed by atoms with E-state index >= 15 is 0 Å². The number of benzene rings is 3. The van der Waals surface area contributed by atoms with E-state index in [9.17, 15) is 18.0 Å².